The van der Waals surface area contributed by atoms with Crippen molar-refractivity contribution in [2.75, 3.05) is 0 Å². The van der Waals surface area contributed by atoms with Crippen molar-refractivity contribution in [2.45, 2.75) is 45.6 Å². The van der Waals surface area contributed by atoms with Gasteiger partial charge in [0.05, 0.1) is 6.04 Å². The van der Waals surface area contributed by atoms with E-state index in [1.54, 1.807) is 0 Å². The van der Waals surface area contributed by atoms with E-state index in [4.69, 9.17) is 10.2 Å². The normalized spacial score (nSPS) is 22.5. The number of rotatable bonds is 2. The van der Waals surface area contributed by atoms with Crippen molar-refractivity contribution in [2.24, 2.45) is 11.1 Å². The highest BCUT2D eigenvalue weighted by molar-refractivity contribution is 5.12. The number of hydrogen-bond acceptors (Lipinski definition) is 2. The molecule has 1 atom stereocenters. The van der Waals surface area contributed by atoms with Crippen molar-refractivity contribution in [1.82, 2.24) is 0 Å². The Labute approximate surface area is 85.5 Å². The van der Waals surface area contributed by atoms with Crippen LogP contribution in [0.25, 0.3) is 0 Å². The molecular weight excluding hydrogens is 174 g/mol. The predicted molar refractivity (Wildman–Crippen MR) is 56.9 cm³/mol. The number of furan rings is 1. The molecule has 0 saturated heterocycles. The maximum Gasteiger partial charge on any atom is 0.121 e. The van der Waals surface area contributed by atoms with E-state index in [-0.39, 0.29) is 11.5 Å². The first-order valence-corrected chi connectivity index (χ1v) is 5.44. The molecule has 78 valence electrons. The fourth-order valence-electron chi connectivity index (χ4n) is 2.46. The molecular formula is C12H19NO. The zero-order valence-electron chi connectivity index (χ0n) is 9.05. The van der Waals surface area contributed by atoms with Crippen molar-refractivity contribution in [3.8, 4) is 0 Å². The van der Waals surface area contributed by atoms with Crippen LogP contribution in [0.5, 0.6) is 0 Å². The summed E-state index contributed by atoms with van der Waals surface area (Å²) in [5, 5.41) is 0. The van der Waals surface area contributed by atoms with Crippen LogP contribution < -0.4 is 5.73 Å². The van der Waals surface area contributed by atoms with Crippen LogP contribution in [0.4, 0.5) is 0 Å². The van der Waals surface area contributed by atoms with Gasteiger partial charge in [-0.1, -0.05) is 19.8 Å². The molecule has 0 amide bonds. The van der Waals surface area contributed by atoms with E-state index in [1.807, 2.05) is 19.1 Å². The molecule has 1 aromatic rings. The molecule has 1 aromatic heterocycles. The summed E-state index contributed by atoms with van der Waals surface area (Å²) in [4.78, 5) is 0. The second-order valence-corrected chi connectivity index (χ2v) is 4.79. The van der Waals surface area contributed by atoms with E-state index in [0.717, 1.165) is 11.5 Å². The Hall–Kier alpha value is -0.760. The summed E-state index contributed by atoms with van der Waals surface area (Å²) in [5.41, 5.74) is 6.51. The van der Waals surface area contributed by atoms with E-state index in [9.17, 15) is 0 Å². The summed E-state index contributed by atoms with van der Waals surface area (Å²) < 4.78 is 5.60. The van der Waals surface area contributed by atoms with Gasteiger partial charge in [0.25, 0.3) is 0 Å². The van der Waals surface area contributed by atoms with Crippen LogP contribution in [0.3, 0.4) is 0 Å². The molecule has 0 bridgehead atoms. The molecule has 1 heterocycles. The van der Waals surface area contributed by atoms with Gasteiger partial charge in [0.1, 0.15) is 11.5 Å². The lowest BCUT2D eigenvalue weighted by atomic mass is 9.80. The molecule has 1 fully saturated rings. The zero-order valence-corrected chi connectivity index (χ0v) is 9.05. The van der Waals surface area contributed by atoms with Gasteiger partial charge in [-0.2, -0.15) is 0 Å². The van der Waals surface area contributed by atoms with Crippen LogP contribution in [0.2, 0.25) is 0 Å². The molecule has 2 N–H and O–H groups in total. The van der Waals surface area contributed by atoms with Gasteiger partial charge < -0.3 is 10.2 Å². The lowest BCUT2D eigenvalue weighted by molar-refractivity contribution is 0.234. The Balaban J connectivity index is 2.18. The largest absolute Gasteiger partial charge is 0.465 e. The zero-order chi connectivity index (χ0) is 10.2. The average Bonchev–Trinajstić information content (AvgIpc) is 2.74. The molecule has 1 aliphatic carbocycles. The monoisotopic (exact) mass is 193 g/mol. The first-order chi connectivity index (χ1) is 6.62. The van der Waals surface area contributed by atoms with Crippen LogP contribution >= 0.6 is 0 Å². The van der Waals surface area contributed by atoms with Crippen LogP contribution in [-0.2, 0) is 0 Å². The Bertz CT molecular complexity index is 310. The predicted octanol–water partition coefficient (Wildman–Crippen LogP) is 3.17. The van der Waals surface area contributed by atoms with E-state index < -0.39 is 0 Å². The average molecular weight is 193 g/mol. The van der Waals surface area contributed by atoms with E-state index in [2.05, 4.69) is 6.92 Å². The molecule has 0 aliphatic heterocycles. The Morgan fingerprint density at radius 3 is 2.50 bits per heavy atom. The Morgan fingerprint density at radius 1 is 1.36 bits per heavy atom. The van der Waals surface area contributed by atoms with Gasteiger partial charge in [0.15, 0.2) is 0 Å². The molecule has 0 radical (unpaired) electrons. The van der Waals surface area contributed by atoms with E-state index in [1.165, 1.54) is 25.7 Å². The molecule has 14 heavy (non-hydrogen) atoms. The highest BCUT2D eigenvalue weighted by Crippen LogP contribution is 2.46. The highest BCUT2D eigenvalue weighted by Gasteiger charge is 2.37. The minimum Gasteiger partial charge on any atom is -0.465 e. The summed E-state index contributed by atoms with van der Waals surface area (Å²) in [7, 11) is 0. The van der Waals surface area contributed by atoms with Crippen molar-refractivity contribution in [3.63, 3.8) is 0 Å². The molecule has 1 aliphatic rings. The maximum atomic E-state index is 6.25. The smallest absolute Gasteiger partial charge is 0.121 e. The Kier molecular flexibility index (Phi) is 2.40. The van der Waals surface area contributed by atoms with Crippen molar-refractivity contribution >= 4 is 0 Å². The summed E-state index contributed by atoms with van der Waals surface area (Å²) in [6.45, 7) is 4.25. The third-order valence-corrected chi connectivity index (χ3v) is 3.56. The van der Waals surface area contributed by atoms with Crippen molar-refractivity contribution in [3.05, 3.63) is 23.7 Å². The second kappa shape index (κ2) is 3.43. The van der Waals surface area contributed by atoms with Crippen molar-refractivity contribution < 1.29 is 4.42 Å². The lowest BCUT2D eigenvalue weighted by Gasteiger charge is -2.29. The second-order valence-electron chi connectivity index (χ2n) is 4.79. The van der Waals surface area contributed by atoms with Gasteiger partial charge in [0.2, 0.25) is 0 Å². The van der Waals surface area contributed by atoms with E-state index in [0.29, 0.717) is 0 Å². The summed E-state index contributed by atoms with van der Waals surface area (Å²) >= 11 is 0. The standard InChI is InChI=1S/C12H19NO/c1-9-5-6-10(14-9)11(13)12(2)7-3-4-8-12/h5-6,11H,3-4,7-8,13H2,1-2H3. The molecule has 0 aromatic carbocycles. The highest BCUT2D eigenvalue weighted by atomic mass is 16.3. The maximum absolute atomic E-state index is 6.25. The van der Waals surface area contributed by atoms with Gasteiger partial charge >= 0.3 is 0 Å². The quantitative estimate of drug-likeness (QED) is 0.783. The first-order valence-electron chi connectivity index (χ1n) is 5.44. The third-order valence-electron chi connectivity index (χ3n) is 3.56. The number of nitrogens with two attached hydrogens (primary N) is 1. The minimum atomic E-state index is 0.0682. The van der Waals surface area contributed by atoms with Crippen LogP contribution in [0.15, 0.2) is 16.5 Å². The summed E-state index contributed by atoms with van der Waals surface area (Å²) in [6, 6.07) is 4.08. The van der Waals surface area contributed by atoms with Gasteiger partial charge in [-0.15, -0.1) is 0 Å². The molecule has 1 unspecified atom stereocenters. The van der Waals surface area contributed by atoms with E-state index >= 15 is 0 Å². The fourth-order valence-corrected chi connectivity index (χ4v) is 2.46. The van der Waals surface area contributed by atoms with Gasteiger partial charge in [-0.3, -0.25) is 0 Å². The van der Waals surface area contributed by atoms with Crippen molar-refractivity contribution in [1.29, 1.82) is 0 Å². The minimum absolute atomic E-state index is 0.0682. The van der Waals surface area contributed by atoms with Crippen LogP contribution in [-0.4, -0.2) is 0 Å². The van der Waals surface area contributed by atoms with Gasteiger partial charge in [-0.25, -0.2) is 0 Å². The van der Waals surface area contributed by atoms with Gasteiger partial charge in [0, 0.05) is 0 Å². The first kappa shape index (κ1) is 9.78. The molecule has 2 rings (SSSR count). The summed E-state index contributed by atoms with van der Waals surface area (Å²) in [6.07, 6.45) is 5.08. The van der Waals surface area contributed by atoms with Gasteiger partial charge in [-0.05, 0) is 37.3 Å². The molecule has 2 heteroatoms. The molecule has 1 saturated carbocycles. The number of aryl methyl sites for hydroxylation is 1. The summed E-state index contributed by atoms with van der Waals surface area (Å²) in [5.74, 6) is 1.91. The SMILES string of the molecule is Cc1ccc(C(N)C2(C)CCCC2)o1. The topological polar surface area (TPSA) is 39.2 Å². The van der Waals surface area contributed by atoms with Crippen LogP contribution in [0, 0.1) is 12.3 Å². The fraction of sp³-hybridized carbons (Fsp3) is 0.667. The Morgan fingerprint density at radius 2 is 2.00 bits per heavy atom. The molecule has 2 nitrogen and oxygen atoms in total. The lowest BCUT2D eigenvalue weighted by Crippen LogP contribution is -2.28. The number of hydrogen-bond donors (Lipinski definition) is 1. The molecule has 0 spiro atoms. The third kappa shape index (κ3) is 1.59. The van der Waals surface area contributed by atoms with Crippen LogP contribution in [0.1, 0.15) is 50.2 Å².